The van der Waals surface area contributed by atoms with E-state index in [2.05, 4.69) is 12.4 Å². The highest BCUT2D eigenvalue weighted by atomic mass is 16.7. The van der Waals surface area contributed by atoms with Gasteiger partial charge in [-0.25, -0.2) is 10.3 Å². The van der Waals surface area contributed by atoms with Gasteiger partial charge in [0.25, 0.3) is 5.91 Å². The normalized spacial score (nSPS) is 21.2. The van der Waals surface area contributed by atoms with E-state index in [1.807, 2.05) is 78.8 Å². The summed E-state index contributed by atoms with van der Waals surface area (Å²) in [4.78, 5) is 45.9. The van der Waals surface area contributed by atoms with Crippen LogP contribution in [-0.4, -0.2) is 80.0 Å². The molecule has 1 N–H and O–H groups in total. The zero-order valence-electron chi connectivity index (χ0n) is 28.5. The Labute approximate surface area is 262 Å². The maximum atomic E-state index is 12.7. The minimum atomic E-state index is -0.592. The van der Waals surface area contributed by atoms with Gasteiger partial charge in [-0.05, 0) is 57.4 Å². The lowest BCUT2D eigenvalue weighted by Gasteiger charge is -2.38. The minimum absolute atomic E-state index is 0.106. The van der Waals surface area contributed by atoms with Crippen molar-refractivity contribution in [1.82, 2.24) is 15.3 Å². The van der Waals surface area contributed by atoms with E-state index < -0.39 is 17.7 Å². The van der Waals surface area contributed by atoms with E-state index in [0.29, 0.717) is 44.8 Å². The molecule has 0 bridgehead atoms. The summed E-state index contributed by atoms with van der Waals surface area (Å²) < 4.78 is 10.4. The molecule has 0 aliphatic carbocycles. The van der Waals surface area contributed by atoms with Crippen LogP contribution in [0.4, 0.5) is 4.79 Å². The molecule has 2 saturated heterocycles. The van der Waals surface area contributed by atoms with Gasteiger partial charge < -0.3 is 19.3 Å². The van der Waals surface area contributed by atoms with Gasteiger partial charge in [-0.15, -0.1) is 0 Å². The predicted octanol–water partition coefficient (Wildman–Crippen LogP) is 6.17. The van der Waals surface area contributed by atoms with Crippen molar-refractivity contribution in [2.24, 2.45) is 11.8 Å². The van der Waals surface area contributed by atoms with Crippen molar-refractivity contribution in [2.45, 2.75) is 119 Å². The van der Waals surface area contributed by atoms with Crippen molar-refractivity contribution >= 4 is 25.8 Å². The molecule has 2 heterocycles. The summed E-state index contributed by atoms with van der Waals surface area (Å²) in [5.41, 5.74) is 3.12. The number of carbonyl (C=O) groups is 3. The van der Waals surface area contributed by atoms with E-state index in [4.69, 9.17) is 22.2 Å². The first-order valence-corrected chi connectivity index (χ1v) is 15.9. The Morgan fingerprint density at radius 1 is 0.977 bits per heavy atom. The van der Waals surface area contributed by atoms with Gasteiger partial charge in [0.2, 0.25) is 5.91 Å². The molecule has 2 aliphatic heterocycles. The first kappa shape index (κ1) is 40.4. The second kappa shape index (κ2) is 22.0. The molecule has 0 saturated carbocycles. The van der Waals surface area contributed by atoms with Gasteiger partial charge in [-0.3, -0.25) is 14.4 Å². The van der Waals surface area contributed by atoms with Gasteiger partial charge >= 0.3 is 6.09 Å². The van der Waals surface area contributed by atoms with Crippen LogP contribution in [0.2, 0.25) is 6.32 Å². The van der Waals surface area contributed by atoms with Gasteiger partial charge in [0, 0.05) is 27.1 Å². The summed E-state index contributed by atoms with van der Waals surface area (Å²) in [5, 5.41) is 0. The number of benzene rings is 1. The van der Waals surface area contributed by atoms with Gasteiger partial charge in [-0.2, -0.15) is 0 Å². The number of hydroxylamine groups is 1. The smallest absolute Gasteiger partial charge is 0.410 e. The number of hydrogen-bond acceptors (Lipinski definition) is 6. The van der Waals surface area contributed by atoms with Gasteiger partial charge in [0.15, 0.2) is 0 Å². The van der Waals surface area contributed by atoms with Gasteiger partial charge in [0.1, 0.15) is 11.6 Å². The average molecular weight is 604 g/mol. The maximum Gasteiger partial charge on any atom is 0.410 e. The summed E-state index contributed by atoms with van der Waals surface area (Å²) in [6.07, 6.45) is 3.27. The van der Waals surface area contributed by atoms with E-state index in [-0.39, 0.29) is 30.4 Å². The zero-order valence-corrected chi connectivity index (χ0v) is 28.5. The Kier molecular flexibility index (Phi) is 20.7. The molecule has 43 heavy (non-hydrogen) atoms. The van der Waals surface area contributed by atoms with Crippen LogP contribution in [0.15, 0.2) is 30.3 Å². The molecule has 1 aromatic carbocycles. The van der Waals surface area contributed by atoms with Crippen LogP contribution in [0.1, 0.15) is 93.6 Å². The topological polar surface area (TPSA) is 97.4 Å². The Hall–Kier alpha value is -2.59. The maximum absolute atomic E-state index is 12.7. The van der Waals surface area contributed by atoms with Crippen LogP contribution in [0.3, 0.4) is 0 Å². The lowest BCUT2D eigenvalue weighted by Crippen LogP contribution is -2.53. The molecule has 2 fully saturated rings. The second-order valence-corrected chi connectivity index (χ2v) is 11.4. The van der Waals surface area contributed by atoms with E-state index in [1.54, 1.807) is 16.9 Å². The van der Waals surface area contributed by atoms with Gasteiger partial charge in [0.05, 0.1) is 27.1 Å². The third-order valence-corrected chi connectivity index (χ3v) is 7.03. The Morgan fingerprint density at radius 2 is 1.58 bits per heavy atom. The van der Waals surface area contributed by atoms with Crippen molar-refractivity contribution in [3.63, 3.8) is 0 Å². The molecular formula is C33H58BN3O6. The number of rotatable bonds is 8. The first-order valence-electron chi connectivity index (χ1n) is 15.9. The van der Waals surface area contributed by atoms with E-state index >= 15 is 0 Å². The lowest BCUT2D eigenvalue weighted by molar-refractivity contribution is -0.149. The number of nitrogens with one attached hydrogen (secondary N) is 1. The number of nitrogens with zero attached hydrogens (tertiary/aromatic N) is 2. The summed E-state index contributed by atoms with van der Waals surface area (Å²) in [5.74, 6) is 0.162. The Bertz CT molecular complexity index is 912. The number of carbonyl (C=O) groups excluding carboxylic acids is 3. The number of piperidine rings is 1. The number of likely N-dealkylation sites (tertiary alicyclic amines) is 2. The summed E-state index contributed by atoms with van der Waals surface area (Å²) in [6.45, 7) is 19.0. The van der Waals surface area contributed by atoms with Crippen LogP contribution < -0.4 is 5.48 Å². The molecule has 0 spiro atoms. The third kappa shape index (κ3) is 15.1. The molecule has 3 unspecified atom stereocenters. The highest BCUT2D eigenvalue weighted by Crippen LogP contribution is 2.28. The highest BCUT2D eigenvalue weighted by molar-refractivity contribution is 6.08. The van der Waals surface area contributed by atoms with Crippen LogP contribution in [0.25, 0.3) is 0 Å². The predicted molar refractivity (Wildman–Crippen MR) is 174 cm³/mol. The molecule has 3 rings (SSSR count). The van der Waals surface area contributed by atoms with Crippen LogP contribution in [0.5, 0.6) is 0 Å². The van der Waals surface area contributed by atoms with Crippen LogP contribution in [0, 0.1) is 11.8 Å². The fourth-order valence-electron chi connectivity index (χ4n) is 4.90. The first-order chi connectivity index (χ1) is 20.5. The number of ether oxygens (including phenoxy) is 2. The van der Waals surface area contributed by atoms with Crippen molar-refractivity contribution in [3.8, 4) is 0 Å². The fourth-order valence-corrected chi connectivity index (χ4v) is 4.90. The van der Waals surface area contributed by atoms with Gasteiger partial charge in [-0.1, -0.05) is 77.7 Å². The molecule has 244 valence electrons. The van der Waals surface area contributed by atoms with Crippen molar-refractivity contribution in [2.75, 3.05) is 26.8 Å². The average Bonchev–Trinajstić information content (AvgIpc) is 3.42. The molecular weight excluding hydrogens is 545 g/mol. The molecule has 10 heteroatoms. The lowest BCUT2D eigenvalue weighted by atomic mass is 9.89. The SMILES string of the molecule is CC.CC.COCc1ccccc1.[B]CC1CC(CONC(=O)[C@@H]2CCC(CC)CN2C(C)=O)N(C(=O)OC(C)(C)C)C1. The molecule has 4 atom stereocenters. The quantitative estimate of drug-likeness (QED) is 0.282. The van der Waals surface area contributed by atoms with Crippen LogP contribution >= 0.6 is 0 Å². The van der Waals surface area contributed by atoms with Crippen molar-refractivity contribution < 1.29 is 28.7 Å². The monoisotopic (exact) mass is 603 g/mol. The second-order valence-electron chi connectivity index (χ2n) is 11.4. The summed E-state index contributed by atoms with van der Waals surface area (Å²) >= 11 is 0. The molecule has 3 amide bonds. The minimum Gasteiger partial charge on any atom is -0.444 e. The molecule has 9 nitrogen and oxygen atoms in total. The summed E-state index contributed by atoms with van der Waals surface area (Å²) in [6, 6.07) is 9.36. The zero-order chi connectivity index (χ0) is 33.0. The standard InChI is InChI=1S/C21H36BN3O5.C8H10O.2C2H6/c1-6-15-7-8-18(24(11-15)14(2)26)19(27)23-29-13-17-9-16(10-22)12-25(17)20(28)30-21(3,4)5;1-9-7-8-5-3-2-4-6-8;2*1-2/h15-18H,6-13H2,1-5H3,(H,23,27);2-6H,7H2,1H3;2*1-2H3/t15?,16?,17?,18-;;;/m0.../s1. The van der Waals surface area contributed by atoms with Crippen molar-refractivity contribution in [1.29, 1.82) is 0 Å². The van der Waals surface area contributed by atoms with Crippen molar-refractivity contribution in [3.05, 3.63) is 35.9 Å². The van der Waals surface area contributed by atoms with E-state index in [1.165, 1.54) is 12.5 Å². The molecule has 2 aliphatic rings. The number of hydrogen-bond donors (Lipinski definition) is 1. The molecule has 0 aromatic heterocycles. The van der Waals surface area contributed by atoms with E-state index in [0.717, 1.165) is 12.8 Å². The molecule has 2 radical (unpaired) electrons. The highest BCUT2D eigenvalue weighted by Gasteiger charge is 2.38. The molecule has 1 aromatic rings. The summed E-state index contributed by atoms with van der Waals surface area (Å²) in [7, 11) is 7.50. The number of methoxy groups -OCH3 is 1. The Balaban J connectivity index is 0.00000113. The number of amides is 3. The third-order valence-electron chi connectivity index (χ3n) is 7.03. The van der Waals surface area contributed by atoms with Crippen LogP contribution in [-0.2, 0) is 30.5 Å². The largest absolute Gasteiger partial charge is 0.444 e. The van der Waals surface area contributed by atoms with E-state index in [9.17, 15) is 14.4 Å². The Morgan fingerprint density at radius 3 is 2.09 bits per heavy atom. The fraction of sp³-hybridized carbons (Fsp3) is 0.727.